The van der Waals surface area contributed by atoms with Gasteiger partial charge in [-0.3, -0.25) is 0 Å². The second-order valence-corrected chi connectivity index (χ2v) is 5.15. The number of imidazole rings is 1. The van der Waals surface area contributed by atoms with Gasteiger partial charge in [0.15, 0.2) is 5.76 Å². The molecule has 8 heteroatoms. The van der Waals surface area contributed by atoms with E-state index < -0.39 is 11.9 Å². The maximum absolute atomic E-state index is 14.3. The Morgan fingerprint density at radius 3 is 2.79 bits per heavy atom. The normalized spacial score (nSPS) is 12.4. The van der Waals surface area contributed by atoms with Crippen molar-refractivity contribution < 1.29 is 13.4 Å². The van der Waals surface area contributed by atoms with Crippen molar-refractivity contribution in [1.29, 1.82) is 0 Å². The Labute approximate surface area is 135 Å². The lowest BCUT2D eigenvalue weighted by atomic mass is 10.1. The molecule has 2 N–H and O–H groups in total. The topological polar surface area (TPSA) is 95.9 Å². The van der Waals surface area contributed by atoms with E-state index in [0.29, 0.717) is 28.4 Å². The highest BCUT2D eigenvalue weighted by molar-refractivity contribution is 5.61. The maximum atomic E-state index is 14.3. The second kappa shape index (κ2) is 5.74. The average molecular weight is 325 g/mol. The molecule has 4 aromatic rings. The summed E-state index contributed by atoms with van der Waals surface area (Å²) in [5.41, 5.74) is 8.03. The Hall–Kier alpha value is -3.26. The zero-order valence-corrected chi connectivity index (χ0v) is 12.3. The fourth-order valence-electron chi connectivity index (χ4n) is 2.38. The van der Waals surface area contributed by atoms with Crippen LogP contribution in [0.2, 0.25) is 0 Å². The molecule has 0 aliphatic rings. The lowest BCUT2D eigenvalue weighted by Gasteiger charge is -2.05. The molecule has 0 aliphatic heterocycles. The molecule has 3 heterocycles. The summed E-state index contributed by atoms with van der Waals surface area (Å²) in [6.07, 6.45) is 6.21. The molecule has 0 amide bonds. The van der Waals surface area contributed by atoms with E-state index in [-0.39, 0.29) is 0 Å². The highest BCUT2D eigenvalue weighted by Crippen LogP contribution is 2.26. The quantitative estimate of drug-likeness (QED) is 0.620. The molecule has 0 saturated carbocycles. The maximum Gasteiger partial charge on any atom is 0.160 e. The second-order valence-electron chi connectivity index (χ2n) is 5.15. The van der Waals surface area contributed by atoms with E-state index >= 15 is 0 Å². The van der Waals surface area contributed by atoms with E-state index in [4.69, 9.17) is 14.8 Å². The Kier molecular flexibility index (Phi) is 3.43. The highest BCUT2D eigenvalue weighted by Gasteiger charge is 2.18. The fraction of sp³-hybridized carbons (Fsp3) is 0.0625. The predicted octanol–water partition coefficient (Wildman–Crippen LogP) is 2.70. The number of benzene rings is 1. The van der Waals surface area contributed by atoms with Crippen molar-refractivity contribution in [1.82, 2.24) is 19.9 Å². The summed E-state index contributed by atoms with van der Waals surface area (Å²) in [4.78, 5) is 3.91. The van der Waals surface area contributed by atoms with Gasteiger partial charge in [-0.05, 0) is 12.1 Å². The molecular weight excluding hydrogens is 313 g/mol. The van der Waals surface area contributed by atoms with Crippen LogP contribution in [0, 0.1) is 5.82 Å². The summed E-state index contributed by atoms with van der Waals surface area (Å²) in [7, 11) is 0. The number of rotatable bonds is 4. The van der Waals surface area contributed by atoms with Crippen molar-refractivity contribution in [2.45, 2.75) is 6.04 Å². The van der Waals surface area contributed by atoms with E-state index in [1.165, 1.54) is 18.7 Å². The van der Waals surface area contributed by atoms with Crippen LogP contribution in [0.3, 0.4) is 0 Å². The molecular formula is C16H12FN5O2. The molecule has 1 unspecified atom stereocenters. The van der Waals surface area contributed by atoms with Crippen LogP contribution in [0.15, 0.2) is 64.4 Å². The first-order valence-electron chi connectivity index (χ1n) is 7.13. The highest BCUT2D eigenvalue weighted by atomic mass is 19.1. The number of nitrogens with zero attached hydrogens (tertiary/aromatic N) is 4. The molecule has 0 bridgehead atoms. The zero-order chi connectivity index (χ0) is 16.5. The van der Waals surface area contributed by atoms with Gasteiger partial charge in [-0.2, -0.15) is 0 Å². The van der Waals surface area contributed by atoms with Crippen molar-refractivity contribution in [3.8, 4) is 16.9 Å². The number of hydrogen-bond acceptors (Lipinski definition) is 6. The summed E-state index contributed by atoms with van der Waals surface area (Å²) in [6, 6.07) is 7.50. The van der Waals surface area contributed by atoms with Crippen LogP contribution in [-0.2, 0) is 0 Å². The molecule has 7 nitrogen and oxygen atoms in total. The largest absolute Gasteiger partial charge is 0.364 e. The number of hydrogen-bond donors (Lipinski definition) is 1. The van der Waals surface area contributed by atoms with E-state index in [1.54, 1.807) is 41.2 Å². The first-order valence-corrected chi connectivity index (χ1v) is 7.13. The van der Waals surface area contributed by atoms with Gasteiger partial charge in [0.05, 0.1) is 12.0 Å². The van der Waals surface area contributed by atoms with Crippen LogP contribution in [0.4, 0.5) is 4.39 Å². The van der Waals surface area contributed by atoms with Gasteiger partial charge in [-0.1, -0.05) is 16.4 Å². The van der Waals surface area contributed by atoms with Crippen LogP contribution < -0.4 is 5.73 Å². The molecule has 1 aromatic carbocycles. The van der Waals surface area contributed by atoms with Gasteiger partial charge in [0.2, 0.25) is 0 Å². The molecule has 0 aliphatic carbocycles. The fourth-order valence-corrected chi connectivity index (χ4v) is 2.38. The van der Waals surface area contributed by atoms with Crippen LogP contribution in [0.1, 0.15) is 17.5 Å². The lowest BCUT2D eigenvalue weighted by Crippen LogP contribution is -2.11. The average Bonchev–Trinajstić information content (AvgIpc) is 3.35. The van der Waals surface area contributed by atoms with Crippen LogP contribution >= 0.6 is 0 Å². The molecule has 0 saturated heterocycles. The molecule has 1 atom stereocenters. The Morgan fingerprint density at radius 2 is 2.08 bits per heavy atom. The minimum atomic E-state index is -0.597. The SMILES string of the molecule is NC(c1ccon1)c1cc(-c2ccc(-n3ccnc3)c(F)c2)no1. The predicted molar refractivity (Wildman–Crippen MR) is 81.6 cm³/mol. The molecule has 4 rings (SSSR count). The Morgan fingerprint density at radius 1 is 1.17 bits per heavy atom. The molecule has 120 valence electrons. The molecule has 0 fully saturated rings. The van der Waals surface area contributed by atoms with Crippen molar-refractivity contribution in [2.75, 3.05) is 0 Å². The monoisotopic (exact) mass is 325 g/mol. The molecule has 3 aromatic heterocycles. The zero-order valence-electron chi connectivity index (χ0n) is 12.3. The summed E-state index contributed by atoms with van der Waals surface area (Å²) in [5, 5.41) is 7.72. The number of nitrogens with two attached hydrogens (primary N) is 1. The van der Waals surface area contributed by atoms with Gasteiger partial charge in [0, 0.05) is 30.1 Å². The van der Waals surface area contributed by atoms with Gasteiger partial charge in [0.1, 0.15) is 29.5 Å². The van der Waals surface area contributed by atoms with Gasteiger partial charge < -0.3 is 19.3 Å². The van der Waals surface area contributed by atoms with Gasteiger partial charge in [0.25, 0.3) is 0 Å². The summed E-state index contributed by atoms with van der Waals surface area (Å²) < 4.78 is 25.9. The van der Waals surface area contributed by atoms with Crippen molar-refractivity contribution in [3.63, 3.8) is 0 Å². The van der Waals surface area contributed by atoms with E-state index in [0.717, 1.165) is 0 Å². The lowest BCUT2D eigenvalue weighted by molar-refractivity contribution is 0.363. The van der Waals surface area contributed by atoms with Crippen LogP contribution in [0.5, 0.6) is 0 Å². The van der Waals surface area contributed by atoms with Crippen molar-refractivity contribution in [2.24, 2.45) is 5.73 Å². The van der Waals surface area contributed by atoms with Crippen LogP contribution in [0.25, 0.3) is 16.9 Å². The third kappa shape index (κ3) is 2.48. The van der Waals surface area contributed by atoms with Gasteiger partial charge in [-0.15, -0.1) is 0 Å². The third-order valence-electron chi connectivity index (χ3n) is 3.64. The first kappa shape index (κ1) is 14.3. The van der Waals surface area contributed by atoms with Gasteiger partial charge in [-0.25, -0.2) is 9.37 Å². The Bertz CT molecular complexity index is 947. The standard InChI is InChI=1S/C16H12FN5O2/c17-11-7-10(1-2-14(11)22-5-4-19-9-22)13-8-15(24-21-13)16(18)12-3-6-23-20-12/h1-9,16H,18H2. The van der Waals surface area contributed by atoms with E-state index in [1.807, 2.05) is 0 Å². The minimum absolute atomic E-state index is 0.393. The van der Waals surface area contributed by atoms with E-state index in [2.05, 4.69) is 15.3 Å². The summed E-state index contributed by atoms with van der Waals surface area (Å²) >= 11 is 0. The molecule has 0 spiro atoms. The number of halogens is 1. The smallest absolute Gasteiger partial charge is 0.160 e. The molecule has 24 heavy (non-hydrogen) atoms. The third-order valence-corrected chi connectivity index (χ3v) is 3.64. The minimum Gasteiger partial charge on any atom is -0.364 e. The Balaban J connectivity index is 1.64. The first-order chi connectivity index (χ1) is 11.7. The molecule has 0 radical (unpaired) electrons. The van der Waals surface area contributed by atoms with Crippen molar-refractivity contribution >= 4 is 0 Å². The van der Waals surface area contributed by atoms with E-state index in [9.17, 15) is 4.39 Å². The van der Waals surface area contributed by atoms with Crippen LogP contribution in [-0.4, -0.2) is 19.9 Å². The number of aromatic nitrogens is 4. The summed E-state index contributed by atoms with van der Waals surface area (Å²) in [5.74, 6) is 0.0221. The van der Waals surface area contributed by atoms with Gasteiger partial charge >= 0.3 is 0 Å². The summed E-state index contributed by atoms with van der Waals surface area (Å²) in [6.45, 7) is 0. The van der Waals surface area contributed by atoms with Crippen molar-refractivity contribution in [3.05, 3.63) is 72.6 Å².